The molecule has 0 bridgehead atoms. The predicted octanol–water partition coefficient (Wildman–Crippen LogP) is 3.79. The maximum absolute atomic E-state index is 2.60. The highest BCUT2D eigenvalue weighted by molar-refractivity contribution is 6.69. The van der Waals surface area contributed by atoms with Crippen molar-refractivity contribution >= 4 is 159 Å². The maximum atomic E-state index is 2.60. The van der Waals surface area contributed by atoms with E-state index in [1.54, 1.807) is 0 Å². The van der Waals surface area contributed by atoms with Crippen LogP contribution >= 0.6 is 0 Å². The summed E-state index contributed by atoms with van der Waals surface area (Å²) in [4.78, 5) is 0. The van der Waals surface area contributed by atoms with Gasteiger partial charge in [-0.15, -0.1) is 5.46 Å². The standard InChI is InChI=1S/C60H46B7N3/c61-52-49(37-25-29-47-44(30-37)43-28-24-36(34-14-5-2-6-15-34)31-48(43)68(47)38-26-22-35(23-27-38)33-12-3-1-4-13-33)53(62)57(66)59-50(52)51-54(63)55(64)56(65)58(67)60(51)70(59)40-17-11-16-39(32-40)69-45-20-9-7-18-41(45)42-19-8-10-21-46(42)69/h1-32H,61-67H2. The van der Waals surface area contributed by atoms with Gasteiger partial charge in [-0.2, -0.15) is 0 Å². The summed E-state index contributed by atoms with van der Waals surface area (Å²) in [6.45, 7) is 0. The van der Waals surface area contributed by atoms with Crippen molar-refractivity contribution in [3.8, 4) is 50.4 Å². The summed E-state index contributed by atoms with van der Waals surface area (Å²) in [5.41, 5.74) is 27.6. The van der Waals surface area contributed by atoms with Crippen molar-refractivity contribution in [3.63, 3.8) is 0 Å². The summed E-state index contributed by atoms with van der Waals surface area (Å²) in [5, 5.41) is 7.72. The number of benzene rings is 10. The summed E-state index contributed by atoms with van der Waals surface area (Å²) in [6, 6.07) is 71.5. The number of rotatable bonds is 6. The van der Waals surface area contributed by atoms with Crippen LogP contribution in [0.25, 0.3) is 116 Å². The van der Waals surface area contributed by atoms with E-state index in [0.29, 0.717) is 0 Å². The molecule has 0 saturated heterocycles. The molecular weight excluding hydrogens is 838 g/mol. The fraction of sp³-hybridized carbons (Fsp3) is 0. The van der Waals surface area contributed by atoms with Gasteiger partial charge in [0.2, 0.25) is 0 Å². The normalized spacial score (nSPS) is 11.8. The van der Waals surface area contributed by atoms with E-state index in [9.17, 15) is 0 Å². The molecule has 0 atom stereocenters. The highest BCUT2D eigenvalue weighted by Gasteiger charge is 2.26. The molecule has 70 heavy (non-hydrogen) atoms. The van der Waals surface area contributed by atoms with Crippen LogP contribution in [0.4, 0.5) is 0 Å². The molecule has 0 aliphatic heterocycles. The SMILES string of the molecule is Bc1c(B)c(B)c2c(c1B)c1c(B)c(-c3ccc4c(c3)c3ccc(-c5ccccc5)cc3n4-c3ccc(-c4ccccc4)cc3)c(B)c(B)c1n2-c1cccc(-n2c3ccccc3c3ccccc32)c1. The zero-order valence-electron chi connectivity index (χ0n) is 40.8. The lowest BCUT2D eigenvalue weighted by Gasteiger charge is -2.19. The topological polar surface area (TPSA) is 14.8 Å². The van der Waals surface area contributed by atoms with Crippen LogP contribution in [0.2, 0.25) is 0 Å². The number of nitrogens with zero attached hydrogens (tertiary/aromatic N) is 3. The van der Waals surface area contributed by atoms with Crippen molar-refractivity contribution in [2.45, 2.75) is 0 Å². The first-order valence-electron chi connectivity index (χ1n) is 24.6. The average Bonchev–Trinajstić information content (AvgIpc) is 4.06. The smallest absolute Gasteiger partial charge is 0.141 e. The van der Waals surface area contributed by atoms with Crippen molar-refractivity contribution < 1.29 is 0 Å². The van der Waals surface area contributed by atoms with E-state index < -0.39 is 0 Å². The lowest BCUT2D eigenvalue weighted by atomic mass is 9.64. The monoisotopic (exact) mass is 885 g/mol. The molecule has 13 aromatic rings. The molecule has 13 rings (SSSR count). The van der Waals surface area contributed by atoms with Gasteiger partial charge in [-0.3, -0.25) is 0 Å². The van der Waals surface area contributed by atoms with Gasteiger partial charge in [0.15, 0.2) is 0 Å². The fourth-order valence-corrected chi connectivity index (χ4v) is 12.1. The molecule has 0 amide bonds. The molecule has 0 unspecified atom stereocenters. The van der Waals surface area contributed by atoms with Crippen molar-refractivity contribution in [1.29, 1.82) is 0 Å². The van der Waals surface area contributed by atoms with Crippen LogP contribution in [0.1, 0.15) is 0 Å². The van der Waals surface area contributed by atoms with Gasteiger partial charge < -0.3 is 13.7 Å². The quantitative estimate of drug-likeness (QED) is 0.226. The third-order valence-corrected chi connectivity index (χ3v) is 16.0. The minimum Gasteiger partial charge on any atom is -0.310 e. The van der Waals surface area contributed by atoms with Gasteiger partial charge >= 0.3 is 0 Å². The molecule has 0 spiro atoms. The number of fused-ring (bicyclic) bond motifs is 9. The molecule has 3 aromatic heterocycles. The lowest BCUT2D eigenvalue weighted by Crippen LogP contribution is -2.48. The van der Waals surface area contributed by atoms with E-state index in [0.717, 1.165) is 11.4 Å². The number of hydrogen-bond acceptors (Lipinski definition) is 0. The Morgan fingerprint density at radius 3 is 1.37 bits per heavy atom. The Morgan fingerprint density at radius 2 is 0.714 bits per heavy atom. The number of aromatic nitrogens is 3. The minimum absolute atomic E-state index is 1.15. The van der Waals surface area contributed by atoms with Crippen molar-refractivity contribution in [2.75, 3.05) is 0 Å². The van der Waals surface area contributed by atoms with Crippen LogP contribution in [0.15, 0.2) is 194 Å². The van der Waals surface area contributed by atoms with Crippen molar-refractivity contribution in [1.82, 2.24) is 13.7 Å². The second-order valence-electron chi connectivity index (χ2n) is 19.5. The summed E-state index contributed by atoms with van der Waals surface area (Å²) < 4.78 is 7.49. The lowest BCUT2D eigenvalue weighted by molar-refractivity contribution is 1.14. The predicted molar refractivity (Wildman–Crippen MR) is 323 cm³/mol. The molecule has 0 fully saturated rings. The maximum Gasteiger partial charge on any atom is 0.141 e. The van der Waals surface area contributed by atoms with Crippen LogP contribution in [-0.2, 0) is 0 Å². The Kier molecular flexibility index (Phi) is 9.68. The van der Waals surface area contributed by atoms with Crippen molar-refractivity contribution in [3.05, 3.63) is 194 Å². The van der Waals surface area contributed by atoms with E-state index in [-0.39, 0.29) is 0 Å². The van der Waals surface area contributed by atoms with Gasteiger partial charge in [0.1, 0.15) is 54.9 Å². The van der Waals surface area contributed by atoms with Gasteiger partial charge in [0, 0.05) is 55.0 Å². The zero-order valence-corrected chi connectivity index (χ0v) is 40.8. The van der Waals surface area contributed by atoms with Gasteiger partial charge in [0.05, 0.1) is 22.1 Å². The molecule has 0 aliphatic carbocycles. The summed E-state index contributed by atoms with van der Waals surface area (Å²) in [6.07, 6.45) is 0. The largest absolute Gasteiger partial charge is 0.310 e. The first kappa shape index (κ1) is 42.2. The van der Waals surface area contributed by atoms with E-state index in [4.69, 9.17) is 0 Å². The zero-order chi connectivity index (χ0) is 47.5. The number of hydrogen-bond donors (Lipinski definition) is 0. The van der Waals surface area contributed by atoms with Crippen LogP contribution in [0.5, 0.6) is 0 Å². The van der Waals surface area contributed by atoms with Crippen LogP contribution in [0.3, 0.4) is 0 Å². The van der Waals surface area contributed by atoms with Crippen LogP contribution < -0.4 is 38.2 Å². The molecule has 0 radical (unpaired) electrons. The first-order chi connectivity index (χ1) is 34.2. The highest BCUT2D eigenvalue weighted by Crippen LogP contribution is 2.39. The van der Waals surface area contributed by atoms with E-state index in [2.05, 4.69) is 263 Å². The highest BCUT2D eigenvalue weighted by atomic mass is 15.0. The molecule has 3 heterocycles. The molecule has 322 valence electrons. The fourth-order valence-electron chi connectivity index (χ4n) is 12.1. The Balaban J connectivity index is 1.05. The van der Waals surface area contributed by atoms with E-state index in [1.807, 2.05) is 0 Å². The average molecular weight is 885 g/mol. The third-order valence-electron chi connectivity index (χ3n) is 16.0. The van der Waals surface area contributed by atoms with Gasteiger partial charge in [-0.05, 0) is 99.4 Å². The van der Waals surface area contributed by atoms with Crippen molar-refractivity contribution in [2.24, 2.45) is 0 Å². The second kappa shape index (κ2) is 16.1. The molecule has 10 aromatic carbocycles. The first-order valence-corrected chi connectivity index (χ1v) is 24.6. The van der Waals surface area contributed by atoms with Gasteiger partial charge in [0.25, 0.3) is 0 Å². The van der Waals surface area contributed by atoms with Gasteiger partial charge in [-0.25, -0.2) is 0 Å². The van der Waals surface area contributed by atoms with E-state index in [1.165, 1.54) is 143 Å². The Morgan fingerprint density at radius 1 is 0.243 bits per heavy atom. The molecule has 0 N–H and O–H groups in total. The van der Waals surface area contributed by atoms with Crippen LogP contribution in [0, 0.1) is 0 Å². The molecule has 3 nitrogen and oxygen atoms in total. The summed E-state index contributed by atoms with van der Waals surface area (Å²) in [5.74, 6) is 0. The van der Waals surface area contributed by atoms with Crippen LogP contribution in [-0.4, -0.2) is 68.6 Å². The Bertz CT molecular complexity index is 4250. The molecule has 10 heteroatoms. The Labute approximate surface area is 414 Å². The van der Waals surface area contributed by atoms with E-state index >= 15 is 0 Å². The Hall–Kier alpha value is -7.95. The number of para-hydroxylation sites is 2. The summed E-state index contributed by atoms with van der Waals surface area (Å²) >= 11 is 0. The molecular formula is C60H46B7N3. The third kappa shape index (κ3) is 6.18. The molecule has 0 saturated carbocycles. The minimum atomic E-state index is 1.15. The van der Waals surface area contributed by atoms with Gasteiger partial charge in [-0.1, -0.05) is 166 Å². The summed E-state index contributed by atoms with van der Waals surface area (Å²) in [7, 11) is 16.4. The molecule has 0 aliphatic rings. The second-order valence-corrected chi connectivity index (χ2v) is 19.5.